The van der Waals surface area contributed by atoms with Crippen LogP contribution in [-0.4, -0.2) is 21.1 Å². The van der Waals surface area contributed by atoms with E-state index in [0.29, 0.717) is 12.4 Å². The standard InChI is InChI=1S/C13H21NO3S/c1-4-6-11(3)14-18(15,16)13-9-7-12(8-10-13)17-5-2/h7-11,14H,4-6H2,1-3H3/t11-/m1/s1. The predicted molar refractivity (Wildman–Crippen MR) is 72.3 cm³/mol. The molecule has 0 spiro atoms. The van der Waals surface area contributed by atoms with Gasteiger partial charge in [-0.2, -0.15) is 0 Å². The molecule has 0 aliphatic rings. The Bertz CT molecular complexity index is 454. The summed E-state index contributed by atoms with van der Waals surface area (Å²) in [7, 11) is -3.42. The summed E-state index contributed by atoms with van der Waals surface area (Å²) in [5.41, 5.74) is 0. The molecule has 0 saturated carbocycles. The second-order valence-electron chi connectivity index (χ2n) is 4.22. The maximum atomic E-state index is 12.0. The average Bonchev–Trinajstić information content (AvgIpc) is 2.29. The van der Waals surface area contributed by atoms with E-state index in [1.54, 1.807) is 24.3 Å². The third-order valence-electron chi connectivity index (χ3n) is 2.52. The van der Waals surface area contributed by atoms with E-state index >= 15 is 0 Å². The minimum Gasteiger partial charge on any atom is -0.494 e. The zero-order valence-corrected chi connectivity index (χ0v) is 12.0. The van der Waals surface area contributed by atoms with E-state index in [4.69, 9.17) is 4.74 Å². The molecule has 5 heteroatoms. The van der Waals surface area contributed by atoms with Gasteiger partial charge < -0.3 is 4.74 Å². The van der Waals surface area contributed by atoms with Gasteiger partial charge in [0.15, 0.2) is 0 Å². The van der Waals surface area contributed by atoms with Crippen molar-refractivity contribution in [2.24, 2.45) is 0 Å². The molecule has 0 radical (unpaired) electrons. The molecule has 1 aromatic carbocycles. The predicted octanol–water partition coefficient (Wildman–Crippen LogP) is 2.55. The van der Waals surface area contributed by atoms with Crippen molar-refractivity contribution < 1.29 is 13.2 Å². The van der Waals surface area contributed by atoms with Crippen LogP contribution in [-0.2, 0) is 10.0 Å². The molecular weight excluding hydrogens is 250 g/mol. The fourth-order valence-electron chi connectivity index (χ4n) is 1.71. The third kappa shape index (κ3) is 4.31. The highest BCUT2D eigenvalue weighted by atomic mass is 32.2. The molecule has 0 aliphatic heterocycles. The van der Waals surface area contributed by atoms with E-state index in [1.807, 2.05) is 20.8 Å². The van der Waals surface area contributed by atoms with Crippen LogP contribution in [0.1, 0.15) is 33.6 Å². The Kier molecular flexibility index (Phi) is 5.62. The summed E-state index contributed by atoms with van der Waals surface area (Å²) in [6.45, 7) is 6.35. The zero-order valence-electron chi connectivity index (χ0n) is 11.1. The molecule has 0 amide bonds. The van der Waals surface area contributed by atoms with Gasteiger partial charge in [-0.1, -0.05) is 13.3 Å². The number of hydrogen-bond acceptors (Lipinski definition) is 3. The second-order valence-corrected chi connectivity index (χ2v) is 5.93. The number of rotatable bonds is 7. The van der Waals surface area contributed by atoms with E-state index in [-0.39, 0.29) is 10.9 Å². The molecule has 1 aromatic rings. The fraction of sp³-hybridized carbons (Fsp3) is 0.538. The molecule has 1 atom stereocenters. The summed E-state index contributed by atoms with van der Waals surface area (Å²) in [6, 6.07) is 6.41. The summed E-state index contributed by atoms with van der Waals surface area (Å²) in [6.07, 6.45) is 1.78. The van der Waals surface area contributed by atoms with Crippen molar-refractivity contribution in [3.8, 4) is 5.75 Å². The van der Waals surface area contributed by atoms with Gasteiger partial charge in [0.25, 0.3) is 0 Å². The summed E-state index contributed by atoms with van der Waals surface area (Å²) in [4.78, 5) is 0.272. The summed E-state index contributed by atoms with van der Waals surface area (Å²) >= 11 is 0. The first kappa shape index (κ1) is 15.0. The molecule has 0 heterocycles. The molecule has 0 fully saturated rings. The number of benzene rings is 1. The van der Waals surface area contributed by atoms with Crippen molar-refractivity contribution in [1.82, 2.24) is 4.72 Å². The highest BCUT2D eigenvalue weighted by Gasteiger charge is 2.16. The van der Waals surface area contributed by atoms with Gasteiger partial charge in [-0.15, -0.1) is 0 Å². The van der Waals surface area contributed by atoms with Crippen LogP contribution in [0, 0.1) is 0 Å². The highest BCUT2D eigenvalue weighted by molar-refractivity contribution is 7.89. The number of sulfonamides is 1. The first-order valence-corrected chi connectivity index (χ1v) is 7.73. The molecule has 18 heavy (non-hydrogen) atoms. The molecule has 1 N–H and O–H groups in total. The van der Waals surface area contributed by atoms with Gasteiger partial charge in [0.05, 0.1) is 11.5 Å². The Balaban J connectivity index is 2.78. The first-order chi connectivity index (χ1) is 8.49. The van der Waals surface area contributed by atoms with Gasteiger partial charge >= 0.3 is 0 Å². The molecule has 102 valence electrons. The number of nitrogens with one attached hydrogen (secondary N) is 1. The second kappa shape index (κ2) is 6.75. The van der Waals surface area contributed by atoms with Crippen LogP contribution in [0.25, 0.3) is 0 Å². The molecule has 1 rings (SSSR count). The molecular formula is C13H21NO3S. The van der Waals surface area contributed by atoms with E-state index in [2.05, 4.69) is 4.72 Å². The van der Waals surface area contributed by atoms with Crippen molar-refractivity contribution in [2.45, 2.75) is 44.6 Å². The molecule has 0 saturated heterocycles. The van der Waals surface area contributed by atoms with E-state index in [9.17, 15) is 8.42 Å². The van der Waals surface area contributed by atoms with Crippen molar-refractivity contribution in [3.63, 3.8) is 0 Å². The quantitative estimate of drug-likeness (QED) is 0.829. The van der Waals surface area contributed by atoms with E-state index in [1.165, 1.54) is 0 Å². The largest absolute Gasteiger partial charge is 0.494 e. The Morgan fingerprint density at radius 2 is 1.83 bits per heavy atom. The van der Waals surface area contributed by atoms with Crippen molar-refractivity contribution >= 4 is 10.0 Å². The Labute approximate surface area is 109 Å². The smallest absolute Gasteiger partial charge is 0.240 e. The van der Waals surface area contributed by atoms with Gasteiger partial charge in [0.2, 0.25) is 10.0 Å². The van der Waals surface area contributed by atoms with Crippen LogP contribution in [0.3, 0.4) is 0 Å². The molecule has 0 unspecified atom stereocenters. The van der Waals surface area contributed by atoms with Gasteiger partial charge in [0.1, 0.15) is 5.75 Å². The lowest BCUT2D eigenvalue weighted by atomic mass is 10.2. The van der Waals surface area contributed by atoms with Crippen molar-refractivity contribution in [1.29, 1.82) is 0 Å². The van der Waals surface area contributed by atoms with Gasteiger partial charge in [-0.05, 0) is 44.5 Å². The monoisotopic (exact) mass is 271 g/mol. The average molecular weight is 271 g/mol. The Morgan fingerprint density at radius 1 is 1.22 bits per heavy atom. The van der Waals surface area contributed by atoms with Gasteiger partial charge in [0, 0.05) is 6.04 Å². The van der Waals surface area contributed by atoms with Crippen molar-refractivity contribution in [2.75, 3.05) is 6.61 Å². The number of ether oxygens (including phenoxy) is 1. The van der Waals surface area contributed by atoms with Crippen LogP contribution in [0.15, 0.2) is 29.2 Å². The lowest BCUT2D eigenvalue weighted by Crippen LogP contribution is -2.32. The lowest BCUT2D eigenvalue weighted by Gasteiger charge is -2.13. The van der Waals surface area contributed by atoms with Crippen molar-refractivity contribution in [3.05, 3.63) is 24.3 Å². The third-order valence-corrected chi connectivity index (χ3v) is 4.13. The van der Waals surface area contributed by atoms with Crippen LogP contribution in [0.4, 0.5) is 0 Å². The SMILES string of the molecule is CCC[C@@H](C)NS(=O)(=O)c1ccc(OCC)cc1. The Hall–Kier alpha value is -1.07. The molecule has 4 nitrogen and oxygen atoms in total. The van der Waals surface area contributed by atoms with Gasteiger partial charge in [-0.3, -0.25) is 0 Å². The Morgan fingerprint density at radius 3 is 2.33 bits per heavy atom. The highest BCUT2D eigenvalue weighted by Crippen LogP contribution is 2.16. The summed E-state index contributed by atoms with van der Waals surface area (Å²) in [5.74, 6) is 0.679. The minimum absolute atomic E-state index is 0.0495. The number of hydrogen-bond donors (Lipinski definition) is 1. The molecule has 0 aliphatic carbocycles. The van der Waals surface area contributed by atoms with Gasteiger partial charge in [-0.25, -0.2) is 13.1 Å². The van der Waals surface area contributed by atoms with Crippen LogP contribution in [0.5, 0.6) is 5.75 Å². The summed E-state index contributed by atoms with van der Waals surface area (Å²) in [5, 5.41) is 0. The van der Waals surface area contributed by atoms with Crippen LogP contribution >= 0.6 is 0 Å². The topological polar surface area (TPSA) is 55.4 Å². The first-order valence-electron chi connectivity index (χ1n) is 6.24. The normalized spacial score (nSPS) is 13.3. The van der Waals surface area contributed by atoms with Crippen LogP contribution < -0.4 is 9.46 Å². The minimum atomic E-state index is -3.42. The molecule has 0 aromatic heterocycles. The van der Waals surface area contributed by atoms with Crippen LogP contribution in [0.2, 0.25) is 0 Å². The fourth-order valence-corrected chi connectivity index (χ4v) is 2.98. The maximum absolute atomic E-state index is 12.0. The summed E-state index contributed by atoms with van der Waals surface area (Å²) < 4.78 is 32.0. The molecule has 0 bridgehead atoms. The van der Waals surface area contributed by atoms with E-state index < -0.39 is 10.0 Å². The maximum Gasteiger partial charge on any atom is 0.240 e. The van der Waals surface area contributed by atoms with E-state index in [0.717, 1.165) is 12.8 Å². The lowest BCUT2D eigenvalue weighted by molar-refractivity contribution is 0.340. The zero-order chi connectivity index (χ0) is 13.6.